The van der Waals surface area contributed by atoms with Crippen molar-refractivity contribution in [2.75, 3.05) is 18.4 Å². The molecule has 0 bridgehead atoms. The van der Waals surface area contributed by atoms with Crippen molar-refractivity contribution in [1.82, 2.24) is 19.9 Å². The highest BCUT2D eigenvalue weighted by atomic mass is 19.4. The van der Waals surface area contributed by atoms with E-state index in [0.717, 1.165) is 6.07 Å². The predicted molar refractivity (Wildman–Crippen MR) is 88.6 cm³/mol. The third kappa shape index (κ3) is 4.27. The molecule has 0 aliphatic carbocycles. The Morgan fingerprint density at radius 3 is 2.46 bits per heavy atom. The Morgan fingerprint density at radius 1 is 1.19 bits per heavy atom. The van der Waals surface area contributed by atoms with Gasteiger partial charge in [0, 0.05) is 42.8 Å². The standard InChI is InChI=1S/C17H18F3N5O/c1-11-10-14(17(18,19)20)24-16(22-11)23-13-4-8-25(9-5-13)15(26)12-2-6-21-7-3-12/h2-3,6-7,10,13H,4-5,8-9H2,1H3,(H,22,23,24). The SMILES string of the molecule is Cc1cc(C(F)(F)F)nc(NC2CCN(C(=O)c3ccncc3)CC2)n1. The van der Waals surface area contributed by atoms with Gasteiger partial charge in [-0.05, 0) is 38.0 Å². The lowest BCUT2D eigenvalue weighted by atomic mass is 10.0. The van der Waals surface area contributed by atoms with E-state index in [9.17, 15) is 18.0 Å². The number of piperidine rings is 1. The predicted octanol–water partition coefficient (Wildman–Crippen LogP) is 2.92. The molecular weight excluding hydrogens is 347 g/mol. The second-order valence-corrected chi connectivity index (χ2v) is 6.16. The van der Waals surface area contributed by atoms with Crippen molar-refractivity contribution in [2.24, 2.45) is 0 Å². The summed E-state index contributed by atoms with van der Waals surface area (Å²) in [6.45, 7) is 2.52. The Morgan fingerprint density at radius 2 is 1.85 bits per heavy atom. The number of aromatic nitrogens is 3. The highest BCUT2D eigenvalue weighted by Gasteiger charge is 2.33. The molecule has 26 heavy (non-hydrogen) atoms. The molecule has 3 rings (SSSR count). The average molecular weight is 365 g/mol. The van der Waals surface area contributed by atoms with Gasteiger partial charge >= 0.3 is 6.18 Å². The van der Waals surface area contributed by atoms with Crippen LogP contribution in [-0.4, -0.2) is 44.9 Å². The molecule has 2 aromatic rings. The first-order chi connectivity index (χ1) is 12.3. The van der Waals surface area contributed by atoms with Gasteiger partial charge in [-0.25, -0.2) is 9.97 Å². The van der Waals surface area contributed by atoms with E-state index in [-0.39, 0.29) is 23.6 Å². The number of carbonyl (C=O) groups is 1. The lowest BCUT2D eigenvalue weighted by molar-refractivity contribution is -0.141. The molecule has 2 aromatic heterocycles. The first-order valence-electron chi connectivity index (χ1n) is 8.21. The summed E-state index contributed by atoms with van der Waals surface area (Å²) in [5, 5.41) is 2.96. The Hall–Kier alpha value is -2.71. The monoisotopic (exact) mass is 365 g/mol. The summed E-state index contributed by atoms with van der Waals surface area (Å²) in [7, 11) is 0. The number of amides is 1. The topological polar surface area (TPSA) is 71.0 Å². The number of hydrogen-bond acceptors (Lipinski definition) is 5. The number of alkyl halides is 3. The van der Waals surface area contributed by atoms with Crippen molar-refractivity contribution in [3.63, 3.8) is 0 Å². The minimum Gasteiger partial charge on any atom is -0.351 e. The van der Waals surface area contributed by atoms with Crippen LogP contribution < -0.4 is 5.32 Å². The lowest BCUT2D eigenvalue weighted by Crippen LogP contribution is -2.42. The smallest absolute Gasteiger partial charge is 0.351 e. The van der Waals surface area contributed by atoms with E-state index in [1.54, 1.807) is 29.4 Å². The summed E-state index contributed by atoms with van der Waals surface area (Å²) < 4.78 is 38.6. The van der Waals surface area contributed by atoms with Crippen LogP contribution in [0.1, 0.15) is 34.6 Å². The largest absolute Gasteiger partial charge is 0.433 e. The number of anilines is 1. The highest BCUT2D eigenvalue weighted by Crippen LogP contribution is 2.28. The van der Waals surface area contributed by atoms with Gasteiger partial charge in [-0.15, -0.1) is 0 Å². The number of carbonyl (C=O) groups excluding carboxylic acids is 1. The molecule has 0 unspecified atom stereocenters. The number of nitrogens with zero attached hydrogens (tertiary/aromatic N) is 4. The van der Waals surface area contributed by atoms with Crippen molar-refractivity contribution in [1.29, 1.82) is 0 Å². The molecule has 0 radical (unpaired) electrons. The van der Waals surface area contributed by atoms with Crippen molar-refractivity contribution in [3.05, 3.63) is 47.5 Å². The Kier molecular flexibility index (Phi) is 5.06. The molecule has 138 valence electrons. The maximum atomic E-state index is 12.9. The first kappa shape index (κ1) is 18.1. The van der Waals surface area contributed by atoms with E-state index in [1.807, 2.05) is 0 Å². The first-order valence-corrected chi connectivity index (χ1v) is 8.21. The second kappa shape index (κ2) is 7.27. The summed E-state index contributed by atoms with van der Waals surface area (Å²) in [5.74, 6) is -0.103. The van der Waals surface area contributed by atoms with Gasteiger partial charge < -0.3 is 10.2 Å². The minimum absolute atomic E-state index is 0.0313. The zero-order chi connectivity index (χ0) is 18.7. The normalized spacial score (nSPS) is 15.8. The maximum Gasteiger partial charge on any atom is 0.433 e. The summed E-state index contributed by atoms with van der Waals surface area (Å²) in [4.78, 5) is 25.6. The molecule has 0 spiro atoms. The van der Waals surface area contributed by atoms with Crippen LogP contribution in [0.5, 0.6) is 0 Å². The molecule has 1 aliphatic heterocycles. The molecule has 1 fully saturated rings. The van der Waals surface area contributed by atoms with Gasteiger partial charge in [0.15, 0.2) is 0 Å². The highest BCUT2D eigenvalue weighted by molar-refractivity contribution is 5.94. The van der Waals surface area contributed by atoms with Crippen molar-refractivity contribution in [2.45, 2.75) is 32.0 Å². The number of aryl methyl sites for hydroxylation is 1. The van der Waals surface area contributed by atoms with Crippen LogP contribution in [0.25, 0.3) is 0 Å². The van der Waals surface area contributed by atoms with Crippen LogP contribution >= 0.6 is 0 Å². The molecule has 1 N–H and O–H groups in total. The van der Waals surface area contributed by atoms with E-state index < -0.39 is 11.9 Å². The number of hydrogen-bond donors (Lipinski definition) is 1. The summed E-state index contributed by atoms with van der Waals surface area (Å²) in [6, 6.07) is 4.15. The number of rotatable bonds is 3. The third-order valence-electron chi connectivity index (χ3n) is 4.19. The molecule has 9 heteroatoms. The van der Waals surface area contributed by atoms with Crippen LogP contribution in [0.4, 0.5) is 19.1 Å². The molecule has 1 saturated heterocycles. The quantitative estimate of drug-likeness (QED) is 0.906. The van der Waals surface area contributed by atoms with E-state index in [0.29, 0.717) is 31.5 Å². The molecule has 3 heterocycles. The Labute approximate surface area is 148 Å². The molecule has 0 saturated carbocycles. The molecule has 6 nitrogen and oxygen atoms in total. The van der Waals surface area contributed by atoms with Gasteiger partial charge in [-0.2, -0.15) is 13.2 Å². The summed E-state index contributed by atoms with van der Waals surface area (Å²) in [5.41, 5.74) is -0.138. The number of nitrogens with one attached hydrogen (secondary N) is 1. The second-order valence-electron chi connectivity index (χ2n) is 6.16. The van der Waals surface area contributed by atoms with Crippen molar-refractivity contribution >= 4 is 11.9 Å². The van der Waals surface area contributed by atoms with Crippen molar-refractivity contribution in [3.8, 4) is 0 Å². The van der Waals surface area contributed by atoms with Gasteiger partial charge in [-0.1, -0.05) is 0 Å². The van der Waals surface area contributed by atoms with Gasteiger partial charge in [-0.3, -0.25) is 9.78 Å². The lowest BCUT2D eigenvalue weighted by Gasteiger charge is -2.32. The fourth-order valence-corrected chi connectivity index (χ4v) is 2.86. The van der Waals surface area contributed by atoms with E-state index in [2.05, 4.69) is 20.3 Å². The Balaban J connectivity index is 1.61. The van der Waals surface area contributed by atoms with Crippen LogP contribution in [0.15, 0.2) is 30.6 Å². The van der Waals surface area contributed by atoms with Crippen LogP contribution in [0.2, 0.25) is 0 Å². The van der Waals surface area contributed by atoms with E-state index in [1.165, 1.54) is 6.92 Å². The molecule has 0 aromatic carbocycles. The van der Waals surface area contributed by atoms with Crippen LogP contribution in [-0.2, 0) is 6.18 Å². The fourth-order valence-electron chi connectivity index (χ4n) is 2.86. The Bertz CT molecular complexity index is 774. The minimum atomic E-state index is -4.51. The number of pyridine rings is 1. The molecule has 1 amide bonds. The zero-order valence-corrected chi connectivity index (χ0v) is 14.1. The number of halogens is 3. The van der Waals surface area contributed by atoms with E-state index in [4.69, 9.17) is 0 Å². The summed E-state index contributed by atoms with van der Waals surface area (Å²) in [6.07, 6.45) is -0.168. The van der Waals surface area contributed by atoms with Gasteiger partial charge in [0.05, 0.1) is 0 Å². The molecule has 1 aliphatic rings. The summed E-state index contributed by atoms with van der Waals surface area (Å²) >= 11 is 0. The van der Waals surface area contributed by atoms with Gasteiger partial charge in [0.25, 0.3) is 5.91 Å². The zero-order valence-electron chi connectivity index (χ0n) is 14.1. The van der Waals surface area contributed by atoms with Gasteiger partial charge in [0.1, 0.15) is 5.69 Å². The average Bonchev–Trinajstić information content (AvgIpc) is 2.61. The molecule has 0 atom stereocenters. The third-order valence-corrected chi connectivity index (χ3v) is 4.19. The van der Waals surface area contributed by atoms with Crippen LogP contribution in [0, 0.1) is 6.92 Å². The fraction of sp³-hybridized carbons (Fsp3) is 0.412. The van der Waals surface area contributed by atoms with Gasteiger partial charge in [0.2, 0.25) is 5.95 Å². The van der Waals surface area contributed by atoms with Crippen molar-refractivity contribution < 1.29 is 18.0 Å². The van der Waals surface area contributed by atoms with Crippen LogP contribution in [0.3, 0.4) is 0 Å². The van der Waals surface area contributed by atoms with E-state index >= 15 is 0 Å². The number of likely N-dealkylation sites (tertiary alicyclic amines) is 1. The molecular formula is C17H18F3N5O. The maximum absolute atomic E-state index is 12.9.